The maximum Gasteiger partial charge on any atom is 0.0617 e. The summed E-state index contributed by atoms with van der Waals surface area (Å²) in [4.78, 5) is 0. The molecule has 1 aliphatic carbocycles. The Morgan fingerprint density at radius 1 is 1.25 bits per heavy atom. The normalized spacial score (nSPS) is 17.7. The first-order chi connectivity index (χ1) is 13.6. The van der Waals surface area contributed by atoms with Crippen LogP contribution in [0.3, 0.4) is 0 Å². The van der Waals surface area contributed by atoms with E-state index in [-0.39, 0.29) is 25.5 Å². The molecule has 0 radical (unpaired) electrons. The molecule has 3 atom stereocenters. The minimum Gasteiger partial charge on any atom is -0.412 e. The van der Waals surface area contributed by atoms with Gasteiger partial charge in [-0.25, -0.2) is 0 Å². The van der Waals surface area contributed by atoms with Gasteiger partial charge in [-0.3, -0.25) is 0 Å². The van der Waals surface area contributed by atoms with Crippen molar-refractivity contribution in [2.75, 3.05) is 0 Å². The van der Waals surface area contributed by atoms with Gasteiger partial charge >= 0.3 is 0 Å². The average Bonchev–Trinajstić information content (AvgIpc) is 3.06. The minimum absolute atomic E-state index is 0. The van der Waals surface area contributed by atoms with Gasteiger partial charge in [0.1, 0.15) is 0 Å². The van der Waals surface area contributed by atoms with Crippen LogP contribution in [0.2, 0.25) is 0 Å². The summed E-state index contributed by atoms with van der Waals surface area (Å²) in [5, 5.41) is 9.42. The van der Waals surface area contributed by atoms with Crippen LogP contribution in [-0.4, -0.2) is 16.2 Å². The zero-order valence-electron chi connectivity index (χ0n) is 22.7. The fourth-order valence-corrected chi connectivity index (χ4v) is 4.12. The second-order valence-corrected chi connectivity index (χ2v) is 9.49. The van der Waals surface area contributed by atoms with E-state index in [2.05, 4.69) is 59.4 Å². The maximum absolute atomic E-state index is 9.42. The van der Waals surface area contributed by atoms with Crippen molar-refractivity contribution < 1.29 is 12.0 Å². The summed E-state index contributed by atoms with van der Waals surface area (Å²) in [7, 11) is 0. The average molecular weight is 476 g/mol. The number of allylic oxidation sites excluding steroid dienone is 1. The Morgan fingerprint density at radius 3 is 2.19 bits per heavy atom. The summed E-state index contributed by atoms with van der Waals surface area (Å²) in [5.74, 6) is 2.30. The smallest absolute Gasteiger partial charge is 0.0617 e. The molecule has 3 nitrogen and oxygen atoms in total. The zero-order chi connectivity index (χ0) is 22.6. The van der Waals surface area contributed by atoms with Crippen LogP contribution in [0.25, 0.3) is 5.57 Å². The third-order valence-corrected chi connectivity index (χ3v) is 6.47. The SMILES string of the molecule is C=C(C)c1ccc(C)cc1CC[C@H]1CCC[C@@H]1C.CC.CCCC(C)C(C)(C)O.Cl.N.O.[HH]. The van der Waals surface area contributed by atoms with Gasteiger partial charge in [-0.1, -0.05) is 96.2 Å². The molecule has 0 heterocycles. The standard InChI is InChI=1S/C18H26.C8H18O.C2H6.ClH.H3N.H2O.H2/c1-13(2)18-11-8-14(3)12-17(18)10-9-16-7-5-6-15(16)4;1-5-6-7(2)8(3,4)9;1-2;;;;/h8,11-12,15-16H,1,5-7,9-10H2,2-4H3;7,9H,5-6H2,1-4H3;1-2H3;1H;1H3;1H2;1H/t15-,16+;;;;;;/m0....../s1. The summed E-state index contributed by atoms with van der Waals surface area (Å²) in [6.07, 6.45) is 9.16. The quantitative estimate of drug-likeness (QED) is 0.413. The van der Waals surface area contributed by atoms with Gasteiger partial charge < -0.3 is 16.7 Å². The third-order valence-electron chi connectivity index (χ3n) is 6.47. The highest BCUT2D eigenvalue weighted by molar-refractivity contribution is 5.85. The van der Waals surface area contributed by atoms with Gasteiger partial charge in [0.2, 0.25) is 0 Å². The number of hydrogen-bond donors (Lipinski definition) is 2. The van der Waals surface area contributed by atoms with Crippen LogP contribution in [0.4, 0.5) is 0 Å². The van der Waals surface area contributed by atoms with Crippen LogP contribution in [0.1, 0.15) is 112 Å². The highest BCUT2D eigenvalue weighted by Crippen LogP contribution is 2.35. The second-order valence-electron chi connectivity index (χ2n) is 9.49. The number of aliphatic hydroxyl groups is 1. The first-order valence-corrected chi connectivity index (χ1v) is 12.0. The lowest BCUT2D eigenvalue weighted by Gasteiger charge is -2.25. The zero-order valence-corrected chi connectivity index (χ0v) is 23.5. The Morgan fingerprint density at radius 2 is 1.81 bits per heavy atom. The third kappa shape index (κ3) is 14.3. The molecule has 0 aliphatic heterocycles. The van der Waals surface area contributed by atoms with Gasteiger partial charge in [0.15, 0.2) is 0 Å². The molecule has 0 spiro atoms. The Balaban J connectivity index is -0.000000152. The fourth-order valence-electron chi connectivity index (χ4n) is 4.12. The monoisotopic (exact) mass is 475 g/mol. The van der Waals surface area contributed by atoms with Crippen molar-refractivity contribution in [3.05, 3.63) is 41.5 Å². The highest BCUT2D eigenvalue weighted by atomic mass is 35.5. The summed E-state index contributed by atoms with van der Waals surface area (Å²) >= 11 is 0. The largest absolute Gasteiger partial charge is 0.412 e. The lowest BCUT2D eigenvalue weighted by molar-refractivity contribution is 0.0211. The second kappa shape index (κ2) is 19.6. The Bertz CT molecular complexity index is 602. The van der Waals surface area contributed by atoms with Crippen molar-refractivity contribution in [1.29, 1.82) is 0 Å². The number of hydrogen-bond acceptors (Lipinski definition) is 2. The van der Waals surface area contributed by atoms with E-state index in [1.54, 1.807) is 0 Å². The molecule has 4 heteroatoms. The first-order valence-electron chi connectivity index (χ1n) is 12.0. The lowest BCUT2D eigenvalue weighted by atomic mass is 9.89. The molecule has 1 fully saturated rings. The molecular weight excluding hydrogens is 418 g/mol. The molecule has 1 unspecified atom stereocenters. The van der Waals surface area contributed by atoms with Gasteiger partial charge in [-0.15, -0.1) is 12.4 Å². The van der Waals surface area contributed by atoms with E-state index < -0.39 is 5.60 Å². The van der Waals surface area contributed by atoms with Crippen LogP contribution in [0, 0.1) is 24.7 Å². The number of rotatable bonds is 7. The molecule has 0 aromatic heterocycles. The lowest BCUT2D eigenvalue weighted by Crippen LogP contribution is -2.28. The van der Waals surface area contributed by atoms with Crippen molar-refractivity contribution in [2.24, 2.45) is 17.8 Å². The van der Waals surface area contributed by atoms with Crippen molar-refractivity contribution in [3.8, 4) is 0 Å². The Hall–Kier alpha value is -0.870. The van der Waals surface area contributed by atoms with Crippen LogP contribution >= 0.6 is 12.4 Å². The molecule has 1 saturated carbocycles. The van der Waals surface area contributed by atoms with Crippen molar-refractivity contribution in [2.45, 2.75) is 113 Å². The summed E-state index contributed by atoms with van der Waals surface area (Å²) in [5.41, 5.74) is 4.95. The van der Waals surface area contributed by atoms with E-state index in [1.807, 2.05) is 27.7 Å². The molecule has 0 amide bonds. The van der Waals surface area contributed by atoms with Gasteiger partial charge in [0, 0.05) is 1.43 Å². The van der Waals surface area contributed by atoms with E-state index in [9.17, 15) is 5.11 Å². The summed E-state index contributed by atoms with van der Waals surface area (Å²) < 4.78 is 0. The van der Waals surface area contributed by atoms with Gasteiger partial charge in [0.05, 0.1) is 5.60 Å². The Labute approximate surface area is 208 Å². The first kappa shape index (κ1) is 38.4. The number of halogens is 1. The number of benzene rings is 1. The minimum atomic E-state index is -0.490. The summed E-state index contributed by atoms with van der Waals surface area (Å²) in [6, 6.07) is 6.79. The van der Waals surface area contributed by atoms with Gasteiger partial charge in [-0.05, 0) is 75.8 Å². The van der Waals surface area contributed by atoms with E-state index in [0.717, 1.165) is 24.7 Å². The predicted molar refractivity (Wildman–Crippen MR) is 150 cm³/mol. The van der Waals surface area contributed by atoms with E-state index >= 15 is 0 Å². The molecule has 2 rings (SSSR count). The van der Waals surface area contributed by atoms with E-state index in [0.29, 0.717) is 5.92 Å². The fraction of sp³-hybridized carbons (Fsp3) is 0.714. The van der Waals surface area contributed by atoms with E-state index in [4.69, 9.17) is 0 Å². The van der Waals surface area contributed by atoms with Crippen LogP contribution in [0.15, 0.2) is 24.8 Å². The number of aryl methyl sites for hydroxylation is 2. The molecule has 6 N–H and O–H groups in total. The molecule has 0 saturated heterocycles. The van der Waals surface area contributed by atoms with E-state index in [1.165, 1.54) is 54.4 Å². The summed E-state index contributed by atoms with van der Waals surface area (Å²) in [6.45, 7) is 22.8. The van der Waals surface area contributed by atoms with Crippen molar-refractivity contribution in [1.82, 2.24) is 6.15 Å². The molecule has 0 bridgehead atoms. The molecule has 32 heavy (non-hydrogen) atoms. The molecule has 1 aliphatic rings. The topological polar surface area (TPSA) is 86.7 Å². The molecule has 194 valence electrons. The highest BCUT2D eigenvalue weighted by Gasteiger charge is 2.23. The van der Waals surface area contributed by atoms with Crippen molar-refractivity contribution in [3.63, 3.8) is 0 Å². The van der Waals surface area contributed by atoms with Gasteiger partial charge in [0.25, 0.3) is 0 Å². The van der Waals surface area contributed by atoms with Crippen molar-refractivity contribution >= 4 is 18.0 Å². The van der Waals surface area contributed by atoms with Crippen LogP contribution in [-0.2, 0) is 6.42 Å². The van der Waals surface area contributed by atoms with Gasteiger partial charge in [-0.2, -0.15) is 0 Å². The molecular formula is C28H58ClNO2. The van der Waals surface area contributed by atoms with Crippen LogP contribution in [0.5, 0.6) is 0 Å². The van der Waals surface area contributed by atoms with Crippen LogP contribution < -0.4 is 6.15 Å². The Kier molecular flexibility index (Phi) is 23.5. The molecule has 1 aromatic rings. The molecule has 1 aromatic carbocycles. The maximum atomic E-state index is 9.42. The predicted octanol–water partition coefficient (Wildman–Crippen LogP) is 8.62.